The van der Waals surface area contributed by atoms with Crippen LogP contribution in [0, 0.1) is 0 Å². The first-order valence-corrected chi connectivity index (χ1v) is 7.87. The van der Waals surface area contributed by atoms with E-state index < -0.39 is 0 Å². The van der Waals surface area contributed by atoms with Crippen LogP contribution in [-0.2, 0) is 4.79 Å². The molecule has 104 valence electrons. The van der Waals surface area contributed by atoms with Gasteiger partial charge in [0.2, 0.25) is 0 Å². The summed E-state index contributed by atoms with van der Waals surface area (Å²) in [5, 5.41) is 0.117. The van der Waals surface area contributed by atoms with E-state index in [1.54, 1.807) is 18.7 Å². The average molecular weight is 295 g/mol. The highest BCUT2D eigenvalue weighted by Crippen LogP contribution is 2.34. The van der Waals surface area contributed by atoms with E-state index in [1.165, 1.54) is 0 Å². The molecule has 0 spiro atoms. The van der Waals surface area contributed by atoms with E-state index in [1.807, 2.05) is 18.2 Å². The molecule has 0 aliphatic rings. The summed E-state index contributed by atoms with van der Waals surface area (Å²) in [5.74, 6) is 0.198. The molecule has 0 saturated carbocycles. The molecule has 0 N–H and O–H groups in total. The van der Waals surface area contributed by atoms with E-state index in [9.17, 15) is 4.79 Å². The Balaban J connectivity index is 2.81. The van der Waals surface area contributed by atoms with Gasteiger partial charge in [-0.3, -0.25) is 4.79 Å². The lowest BCUT2D eigenvalue weighted by Crippen LogP contribution is -2.27. The summed E-state index contributed by atoms with van der Waals surface area (Å²) < 4.78 is 0.875. The molecule has 4 heteroatoms. The summed E-state index contributed by atoms with van der Waals surface area (Å²) in [6.07, 6.45) is 0.524. The first-order chi connectivity index (χ1) is 9.08. The fraction of sp³-hybridized carbons (Fsp3) is 0.467. The molecule has 0 bridgehead atoms. The average Bonchev–Trinajstić information content (AvgIpc) is 2.40. The van der Waals surface area contributed by atoms with Crippen LogP contribution in [0.2, 0.25) is 0 Å². The molecule has 1 rings (SSSR count). The Morgan fingerprint density at radius 1 is 1.26 bits per heavy atom. The van der Waals surface area contributed by atoms with Crippen molar-refractivity contribution in [3.8, 4) is 0 Å². The summed E-state index contributed by atoms with van der Waals surface area (Å²) in [4.78, 5) is 13.6. The zero-order valence-corrected chi connectivity index (χ0v) is 13.4. The smallest absolute Gasteiger partial charge is 0.136 e. The lowest BCUT2D eigenvalue weighted by atomic mass is 10.1. The molecular weight excluding hydrogens is 274 g/mol. The van der Waals surface area contributed by atoms with E-state index in [0.717, 1.165) is 23.0 Å². The Morgan fingerprint density at radius 2 is 1.84 bits per heavy atom. The van der Waals surface area contributed by atoms with Gasteiger partial charge in [0.25, 0.3) is 0 Å². The minimum absolute atomic E-state index is 0.117. The Morgan fingerprint density at radius 3 is 2.32 bits per heavy atom. The van der Waals surface area contributed by atoms with Crippen LogP contribution in [0.5, 0.6) is 0 Å². The van der Waals surface area contributed by atoms with Gasteiger partial charge in [0.15, 0.2) is 0 Å². The third-order valence-corrected chi connectivity index (χ3v) is 4.64. The Hall–Kier alpha value is -0.870. The number of thioether (sulfide) groups is 1. The van der Waals surface area contributed by atoms with Crippen molar-refractivity contribution in [2.45, 2.75) is 32.4 Å². The molecular formula is C15H21NOS2. The summed E-state index contributed by atoms with van der Waals surface area (Å²) >= 11 is 7.10. The van der Waals surface area contributed by atoms with Gasteiger partial charge in [-0.05, 0) is 26.3 Å². The number of benzene rings is 1. The molecule has 0 aliphatic carbocycles. The largest absolute Gasteiger partial charge is 0.358 e. The van der Waals surface area contributed by atoms with Crippen molar-refractivity contribution in [2.24, 2.45) is 0 Å². The number of hydrogen-bond acceptors (Lipinski definition) is 3. The zero-order chi connectivity index (χ0) is 14.3. The van der Waals surface area contributed by atoms with Crippen molar-refractivity contribution in [2.75, 3.05) is 13.1 Å². The van der Waals surface area contributed by atoms with Gasteiger partial charge in [0.05, 0.1) is 0 Å². The summed E-state index contributed by atoms with van der Waals surface area (Å²) in [5.41, 5.74) is 1.16. The van der Waals surface area contributed by atoms with Crippen LogP contribution in [0.1, 0.15) is 38.0 Å². The molecule has 2 nitrogen and oxygen atoms in total. The SMILES string of the molecule is CCN(CC)C(=S)SC(CC(C)=O)c1ccccc1. The molecule has 1 unspecified atom stereocenters. The highest BCUT2D eigenvalue weighted by Gasteiger charge is 2.18. The highest BCUT2D eigenvalue weighted by atomic mass is 32.2. The van der Waals surface area contributed by atoms with Crippen LogP contribution in [-0.4, -0.2) is 28.1 Å². The maximum atomic E-state index is 11.4. The number of ketones is 1. The second kappa shape index (κ2) is 8.33. The molecule has 0 saturated heterocycles. The van der Waals surface area contributed by atoms with Crippen LogP contribution in [0.3, 0.4) is 0 Å². The zero-order valence-electron chi connectivity index (χ0n) is 11.8. The predicted molar refractivity (Wildman–Crippen MR) is 87.6 cm³/mol. The lowest BCUT2D eigenvalue weighted by Gasteiger charge is -2.24. The Labute approximate surface area is 125 Å². The first kappa shape index (κ1) is 16.2. The number of thiocarbonyl (C=S) groups is 1. The van der Waals surface area contributed by atoms with Gasteiger partial charge in [0, 0.05) is 24.8 Å². The lowest BCUT2D eigenvalue weighted by molar-refractivity contribution is -0.117. The number of rotatable bonds is 6. The summed E-state index contributed by atoms with van der Waals surface area (Å²) in [6.45, 7) is 7.64. The molecule has 0 aromatic heterocycles. The minimum atomic E-state index is 0.117. The second-order valence-corrected chi connectivity index (χ2v) is 6.20. The fourth-order valence-corrected chi connectivity index (χ4v) is 3.70. The number of nitrogens with zero attached hydrogens (tertiary/aromatic N) is 1. The monoisotopic (exact) mass is 295 g/mol. The van der Waals surface area contributed by atoms with Crippen molar-refractivity contribution < 1.29 is 4.79 Å². The molecule has 0 fully saturated rings. The van der Waals surface area contributed by atoms with Crippen molar-refractivity contribution in [1.29, 1.82) is 0 Å². The number of Topliss-reactive ketones (excluding diaryl/α,β-unsaturated/α-hetero) is 1. The van der Waals surface area contributed by atoms with Crippen LogP contribution in [0.4, 0.5) is 0 Å². The normalized spacial score (nSPS) is 11.9. The van der Waals surface area contributed by atoms with Gasteiger partial charge in [-0.2, -0.15) is 0 Å². The molecule has 19 heavy (non-hydrogen) atoms. The quantitative estimate of drug-likeness (QED) is 0.737. The minimum Gasteiger partial charge on any atom is -0.358 e. The van der Waals surface area contributed by atoms with Gasteiger partial charge < -0.3 is 4.90 Å². The van der Waals surface area contributed by atoms with Gasteiger partial charge >= 0.3 is 0 Å². The van der Waals surface area contributed by atoms with E-state index >= 15 is 0 Å². The van der Waals surface area contributed by atoms with Crippen molar-refractivity contribution in [3.05, 3.63) is 35.9 Å². The number of carbonyl (C=O) groups is 1. The topological polar surface area (TPSA) is 20.3 Å². The first-order valence-electron chi connectivity index (χ1n) is 6.58. The van der Waals surface area contributed by atoms with E-state index in [2.05, 4.69) is 30.9 Å². The van der Waals surface area contributed by atoms with E-state index in [-0.39, 0.29) is 11.0 Å². The van der Waals surface area contributed by atoms with Crippen LogP contribution in [0.15, 0.2) is 30.3 Å². The number of carbonyl (C=O) groups excluding carboxylic acids is 1. The number of hydrogen-bond donors (Lipinski definition) is 0. The van der Waals surface area contributed by atoms with Crippen LogP contribution >= 0.6 is 24.0 Å². The standard InChI is InChI=1S/C15H21NOS2/c1-4-16(5-2)15(18)19-14(11-12(3)17)13-9-7-6-8-10-13/h6-10,14H,4-5,11H2,1-3H3. The molecule has 0 aliphatic heterocycles. The maximum Gasteiger partial charge on any atom is 0.136 e. The molecule has 1 aromatic carbocycles. The fourth-order valence-electron chi connectivity index (χ4n) is 1.83. The van der Waals surface area contributed by atoms with Crippen molar-refractivity contribution >= 4 is 34.1 Å². The Kier molecular flexibility index (Phi) is 7.10. The van der Waals surface area contributed by atoms with Gasteiger partial charge in [-0.15, -0.1) is 0 Å². The Bertz CT molecular complexity index is 415. The summed E-state index contributed by atoms with van der Waals surface area (Å²) in [7, 11) is 0. The third kappa shape index (κ3) is 5.33. The highest BCUT2D eigenvalue weighted by molar-refractivity contribution is 8.23. The van der Waals surface area contributed by atoms with E-state index in [0.29, 0.717) is 6.42 Å². The second-order valence-electron chi connectivity index (χ2n) is 4.36. The van der Waals surface area contributed by atoms with Crippen LogP contribution in [0.25, 0.3) is 0 Å². The van der Waals surface area contributed by atoms with Gasteiger partial charge in [-0.25, -0.2) is 0 Å². The molecule has 1 aromatic rings. The summed E-state index contributed by atoms with van der Waals surface area (Å²) in [6, 6.07) is 10.1. The molecule has 0 heterocycles. The van der Waals surface area contributed by atoms with Crippen molar-refractivity contribution in [1.82, 2.24) is 4.90 Å². The van der Waals surface area contributed by atoms with Crippen LogP contribution < -0.4 is 0 Å². The third-order valence-electron chi connectivity index (χ3n) is 2.91. The van der Waals surface area contributed by atoms with E-state index in [4.69, 9.17) is 12.2 Å². The van der Waals surface area contributed by atoms with Crippen molar-refractivity contribution in [3.63, 3.8) is 0 Å². The predicted octanol–water partition coefficient (Wildman–Crippen LogP) is 4.07. The van der Waals surface area contributed by atoms with Gasteiger partial charge in [0.1, 0.15) is 10.1 Å². The maximum absolute atomic E-state index is 11.4. The molecule has 0 radical (unpaired) electrons. The van der Waals surface area contributed by atoms with Gasteiger partial charge in [-0.1, -0.05) is 54.3 Å². The molecule has 1 atom stereocenters. The molecule has 0 amide bonds.